The molecule has 0 amide bonds. The quantitative estimate of drug-likeness (QED) is 0.200. The lowest BCUT2D eigenvalue weighted by molar-refractivity contribution is 0.669. The predicted molar refractivity (Wildman–Crippen MR) is 188 cm³/mol. The van der Waals surface area contributed by atoms with E-state index in [0.717, 1.165) is 72.2 Å². The Labute approximate surface area is 265 Å². The Morgan fingerprint density at radius 2 is 1.13 bits per heavy atom. The monoisotopic (exact) mass is 590 g/mol. The van der Waals surface area contributed by atoms with E-state index in [1.807, 2.05) is 54.9 Å². The molecule has 0 fully saturated rings. The fourth-order valence-corrected chi connectivity index (χ4v) is 6.31. The number of hydrogen-bond donors (Lipinski definition) is 0. The zero-order chi connectivity index (χ0) is 30.5. The van der Waals surface area contributed by atoms with Crippen LogP contribution in [0, 0.1) is 0 Å². The summed E-state index contributed by atoms with van der Waals surface area (Å²) in [5.74, 6) is 0. The summed E-state index contributed by atoms with van der Waals surface area (Å²) in [7, 11) is 0. The highest BCUT2D eigenvalue weighted by molar-refractivity contribution is 6.12. The van der Waals surface area contributed by atoms with Crippen molar-refractivity contribution in [3.05, 3.63) is 158 Å². The summed E-state index contributed by atoms with van der Waals surface area (Å²) in [6.07, 6.45) is 3.67. The van der Waals surface area contributed by atoms with Gasteiger partial charge < -0.3 is 9.32 Å². The molecule has 46 heavy (non-hydrogen) atoms. The summed E-state index contributed by atoms with van der Waals surface area (Å²) in [5.41, 5.74) is 11.6. The first-order valence-electron chi connectivity index (χ1n) is 15.3. The Hall–Kier alpha value is -6.33. The van der Waals surface area contributed by atoms with Gasteiger partial charge in [-0.05, 0) is 83.9 Å². The van der Waals surface area contributed by atoms with Crippen molar-refractivity contribution in [1.82, 2.24) is 15.0 Å². The van der Waals surface area contributed by atoms with Crippen LogP contribution in [0.25, 0.3) is 66.3 Å². The molecule has 0 N–H and O–H groups in total. The summed E-state index contributed by atoms with van der Waals surface area (Å²) in [5, 5.41) is 3.03. The molecule has 9 rings (SSSR count). The van der Waals surface area contributed by atoms with E-state index in [2.05, 4.69) is 113 Å². The van der Waals surface area contributed by atoms with Crippen LogP contribution < -0.4 is 4.90 Å². The molecule has 3 aromatic heterocycles. The van der Waals surface area contributed by atoms with Gasteiger partial charge in [0, 0.05) is 45.0 Å². The van der Waals surface area contributed by atoms with Gasteiger partial charge in [0.25, 0.3) is 0 Å². The molecular formula is C41H26N4O. The van der Waals surface area contributed by atoms with Gasteiger partial charge in [-0.2, -0.15) is 0 Å². The fraction of sp³-hybridized carbons (Fsp3) is 0. The van der Waals surface area contributed by atoms with Crippen molar-refractivity contribution < 1.29 is 4.42 Å². The normalized spacial score (nSPS) is 11.5. The van der Waals surface area contributed by atoms with Crippen LogP contribution in [0.2, 0.25) is 0 Å². The first-order chi connectivity index (χ1) is 22.8. The van der Waals surface area contributed by atoms with Crippen molar-refractivity contribution in [2.24, 2.45) is 0 Å². The number of benzene rings is 6. The van der Waals surface area contributed by atoms with E-state index in [0.29, 0.717) is 0 Å². The lowest BCUT2D eigenvalue weighted by Gasteiger charge is -2.25. The van der Waals surface area contributed by atoms with Gasteiger partial charge in [0.05, 0.1) is 28.4 Å². The van der Waals surface area contributed by atoms with Crippen LogP contribution in [-0.4, -0.2) is 15.0 Å². The predicted octanol–water partition coefficient (Wildman–Crippen LogP) is 10.9. The Bertz CT molecular complexity index is 2520. The number of rotatable bonds is 5. The summed E-state index contributed by atoms with van der Waals surface area (Å²) < 4.78 is 6.45. The maximum atomic E-state index is 6.45. The maximum absolute atomic E-state index is 6.45. The average molecular weight is 591 g/mol. The average Bonchev–Trinajstić information content (AvgIpc) is 3.48. The number of aromatic nitrogens is 3. The molecule has 3 heterocycles. The van der Waals surface area contributed by atoms with Gasteiger partial charge in [-0.3, -0.25) is 9.97 Å². The SMILES string of the molecule is c1ccc(-c2ccc(N(c3ccccc3)c3ccc4oc5cc6c(-c7cnc8ccccc8n7)ccnc6cc5c4c3)cc2)cc1. The molecule has 5 heteroatoms. The highest BCUT2D eigenvalue weighted by Crippen LogP contribution is 2.40. The van der Waals surface area contributed by atoms with Crippen molar-refractivity contribution >= 4 is 60.9 Å². The third-order valence-corrected chi connectivity index (χ3v) is 8.55. The molecular weight excluding hydrogens is 564 g/mol. The highest BCUT2D eigenvalue weighted by atomic mass is 16.3. The third-order valence-electron chi connectivity index (χ3n) is 8.55. The van der Waals surface area contributed by atoms with Crippen molar-refractivity contribution in [3.8, 4) is 22.4 Å². The van der Waals surface area contributed by atoms with Crippen molar-refractivity contribution in [2.45, 2.75) is 0 Å². The Kier molecular flexibility index (Phi) is 6.06. The van der Waals surface area contributed by atoms with Gasteiger partial charge in [-0.25, -0.2) is 4.98 Å². The Morgan fingerprint density at radius 1 is 0.457 bits per heavy atom. The lowest BCUT2D eigenvalue weighted by atomic mass is 10.0. The molecule has 0 atom stereocenters. The van der Waals surface area contributed by atoms with E-state index < -0.39 is 0 Å². The van der Waals surface area contributed by atoms with E-state index in [-0.39, 0.29) is 0 Å². The number of hydrogen-bond acceptors (Lipinski definition) is 5. The molecule has 0 radical (unpaired) electrons. The molecule has 5 nitrogen and oxygen atoms in total. The van der Waals surface area contributed by atoms with E-state index in [4.69, 9.17) is 14.4 Å². The molecule has 0 aliphatic carbocycles. The Morgan fingerprint density at radius 3 is 1.96 bits per heavy atom. The molecule has 0 spiro atoms. The molecule has 6 aromatic carbocycles. The Balaban J connectivity index is 1.17. The minimum atomic E-state index is 0.806. The second-order valence-corrected chi connectivity index (χ2v) is 11.3. The maximum Gasteiger partial charge on any atom is 0.136 e. The first kappa shape index (κ1) is 26.1. The van der Waals surface area contributed by atoms with Gasteiger partial charge >= 0.3 is 0 Å². The van der Waals surface area contributed by atoms with Gasteiger partial charge in [-0.1, -0.05) is 72.8 Å². The van der Waals surface area contributed by atoms with Gasteiger partial charge in [0.1, 0.15) is 11.2 Å². The van der Waals surface area contributed by atoms with Crippen LogP contribution in [0.1, 0.15) is 0 Å². The van der Waals surface area contributed by atoms with E-state index >= 15 is 0 Å². The molecule has 0 aliphatic rings. The van der Waals surface area contributed by atoms with Crippen molar-refractivity contribution in [3.63, 3.8) is 0 Å². The van der Waals surface area contributed by atoms with Crippen LogP contribution in [0.5, 0.6) is 0 Å². The minimum absolute atomic E-state index is 0.806. The molecule has 216 valence electrons. The smallest absolute Gasteiger partial charge is 0.136 e. The molecule has 0 aliphatic heterocycles. The third kappa shape index (κ3) is 4.45. The standard InChI is InChI=1S/C41H26N4O/c1-3-9-27(10-4-1)28-15-17-30(18-16-28)45(29-11-5-2-6-12-29)31-19-20-40-34(23-31)35-24-38-33(25-41(35)46-40)32(21-22-42-38)39-26-43-36-13-7-8-14-37(36)44-39/h1-26H. The number of anilines is 3. The van der Waals surface area contributed by atoms with Gasteiger partial charge in [-0.15, -0.1) is 0 Å². The van der Waals surface area contributed by atoms with Gasteiger partial charge in [0.15, 0.2) is 0 Å². The fourth-order valence-electron chi connectivity index (χ4n) is 6.31. The number of nitrogens with zero attached hydrogens (tertiary/aromatic N) is 4. The topological polar surface area (TPSA) is 55.1 Å². The number of furan rings is 1. The molecule has 0 saturated heterocycles. The van der Waals surface area contributed by atoms with Crippen LogP contribution in [-0.2, 0) is 0 Å². The highest BCUT2D eigenvalue weighted by Gasteiger charge is 2.17. The summed E-state index contributed by atoms with van der Waals surface area (Å²) in [6, 6.07) is 50.2. The largest absolute Gasteiger partial charge is 0.456 e. The summed E-state index contributed by atoms with van der Waals surface area (Å²) >= 11 is 0. The second kappa shape index (κ2) is 10.7. The minimum Gasteiger partial charge on any atom is -0.456 e. The molecule has 0 saturated carbocycles. The molecule has 9 aromatic rings. The first-order valence-corrected chi connectivity index (χ1v) is 15.3. The van der Waals surface area contributed by atoms with Crippen LogP contribution in [0.3, 0.4) is 0 Å². The van der Waals surface area contributed by atoms with Crippen LogP contribution in [0.4, 0.5) is 17.1 Å². The second-order valence-electron chi connectivity index (χ2n) is 11.3. The van der Waals surface area contributed by atoms with Crippen LogP contribution in [0.15, 0.2) is 162 Å². The van der Waals surface area contributed by atoms with Crippen LogP contribution >= 0.6 is 0 Å². The number of fused-ring (bicyclic) bond motifs is 5. The zero-order valence-corrected chi connectivity index (χ0v) is 24.7. The zero-order valence-electron chi connectivity index (χ0n) is 24.7. The molecule has 0 unspecified atom stereocenters. The number of para-hydroxylation sites is 3. The van der Waals surface area contributed by atoms with E-state index in [1.54, 1.807) is 0 Å². The number of pyridine rings is 1. The van der Waals surface area contributed by atoms with E-state index in [1.165, 1.54) is 11.1 Å². The van der Waals surface area contributed by atoms with E-state index in [9.17, 15) is 0 Å². The molecule has 0 bridgehead atoms. The summed E-state index contributed by atoms with van der Waals surface area (Å²) in [6.45, 7) is 0. The summed E-state index contributed by atoms with van der Waals surface area (Å²) in [4.78, 5) is 16.6. The van der Waals surface area contributed by atoms with Crippen molar-refractivity contribution in [1.29, 1.82) is 0 Å². The van der Waals surface area contributed by atoms with Crippen molar-refractivity contribution in [2.75, 3.05) is 4.90 Å². The lowest BCUT2D eigenvalue weighted by Crippen LogP contribution is -2.09. The van der Waals surface area contributed by atoms with Gasteiger partial charge in [0.2, 0.25) is 0 Å².